The first-order valence-electron chi connectivity index (χ1n) is 12.4. The van der Waals surface area contributed by atoms with Crippen molar-refractivity contribution >= 4 is 43.7 Å². The minimum atomic E-state index is -3.92. The first kappa shape index (κ1) is 24.6. The third kappa shape index (κ3) is 4.18. The summed E-state index contributed by atoms with van der Waals surface area (Å²) in [6.07, 6.45) is 2.56. The molecule has 0 aliphatic carbocycles. The van der Waals surface area contributed by atoms with E-state index in [1.165, 1.54) is 29.5 Å². The highest BCUT2D eigenvalue weighted by atomic mass is 32.2. The standard InChI is InChI=1S/C29H23N3O6S/c33-27-22-11-5-7-13-26(22)38-19-24(27)29(35)31-16-14-30(15-17-31)28(34)23-18-32(25-12-6-4-10-21(23)25)39(36,37)20-8-2-1-3-9-20/h1-13,18-19H,14-17H2. The third-order valence-electron chi connectivity index (χ3n) is 6.97. The molecule has 0 saturated carbocycles. The molecule has 0 bridgehead atoms. The number of hydrogen-bond acceptors (Lipinski definition) is 6. The average Bonchev–Trinajstić information content (AvgIpc) is 3.38. The number of aromatic nitrogens is 1. The Labute approximate surface area is 223 Å². The van der Waals surface area contributed by atoms with E-state index in [9.17, 15) is 22.8 Å². The van der Waals surface area contributed by atoms with Crippen LogP contribution in [0.3, 0.4) is 0 Å². The molecule has 5 aromatic rings. The second-order valence-corrected chi connectivity index (χ2v) is 11.0. The first-order chi connectivity index (χ1) is 18.9. The average molecular weight is 542 g/mol. The van der Waals surface area contributed by atoms with E-state index in [1.807, 2.05) is 0 Å². The summed E-state index contributed by atoms with van der Waals surface area (Å²) < 4.78 is 33.4. The van der Waals surface area contributed by atoms with Gasteiger partial charge in [0.2, 0.25) is 5.43 Å². The molecule has 196 valence electrons. The molecule has 1 fully saturated rings. The second kappa shape index (κ2) is 9.55. The predicted molar refractivity (Wildman–Crippen MR) is 145 cm³/mol. The van der Waals surface area contributed by atoms with Crippen molar-refractivity contribution in [3.63, 3.8) is 0 Å². The van der Waals surface area contributed by atoms with E-state index >= 15 is 0 Å². The second-order valence-electron chi connectivity index (χ2n) is 9.23. The zero-order valence-corrected chi connectivity index (χ0v) is 21.5. The predicted octanol–water partition coefficient (Wildman–Crippen LogP) is 3.58. The first-order valence-corrected chi connectivity index (χ1v) is 13.8. The van der Waals surface area contributed by atoms with Gasteiger partial charge in [-0.05, 0) is 30.3 Å². The van der Waals surface area contributed by atoms with Gasteiger partial charge in [-0.15, -0.1) is 0 Å². The summed E-state index contributed by atoms with van der Waals surface area (Å²) in [4.78, 5) is 42.8. The summed E-state index contributed by atoms with van der Waals surface area (Å²) in [5.74, 6) is -0.780. The highest BCUT2D eigenvalue weighted by molar-refractivity contribution is 7.90. The Morgan fingerprint density at radius 1 is 0.692 bits per heavy atom. The highest BCUT2D eigenvalue weighted by Gasteiger charge is 2.30. The maximum atomic E-state index is 13.6. The molecule has 0 atom stereocenters. The Balaban J connectivity index is 1.25. The Morgan fingerprint density at radius 3 is 1.95 bits per heavy atom. The van der Waals surface area contributed by atoms with Gasteiger partial charge in [0.1, 0.15) is 17.4 Å². The van der Waals surface area contributed by atoms with Crippen molar-refractivity contribution in [2.45, 2.75) is 4.90 Å². The van der Waals surface area contributed by atoms with E-state index in [1.54, 1.807) is 71.6 Å². The normalized spacial score (nSPS) is 14.2. The number of para-hydroxylation sites is 2. The molecule has 1 aliphatic rings. The van der Waals surface area contributed by atoms with Gasteiger partial charge in [0.25, 0.3) is 21.8 Å². The molecule has 39 heavy (non-hydrogen) atoms. The quantitative estimate of drug-likeness (QED) is 0.344. The van der Waals surface area contributed by atoms with E-state index in [0.717, 1.165) is 3.97 Å². The van der Waals surface area contributed by atoms with Gasteiger partial charge in [0.15, 0.2) is 0 Å². The third-order valence-corrected chi connectivity index (χ3v) is 8.66. The van der Waals surface area contributed by atoms with Crippen LogP contribution in [0, 0.1) is 0 Å². The molecule has 0 N–H and O–H groups in total. The number of amides is 2. The van der Waals surface area contributed by atoms with Crippen molar-refractivity contribution in [3.05, 3.63) is 113 Å². The van der Waals surface area contributed by atoms with Crippen molar-refractivity contribution in [1.29, 1.82) is 0 Å². The summed E-state index contributed by atoms with van der Waals surface area (Å²) in [5, 5.41) is 0.855. The van der Waals surface area contributed by atoms with Crippen LogP contribution in [-0.4, -0.2) is 60.2 Å². The Kier molecular flexibility index (Phi) is 6.03. The molecule has 2 aromatic heterocycles. The molecule has 1 saturated heterocycles. The minimum absolute atomic E-state index is 0.0531. The SMILES string of the molecule is O=C(c1coc2ccccc2c1=O)N1CCN(C(=O)c2cn(S(=O)(=O)c3ccccc3)c3ccccc23)CC1. The Morgan fingerprint density at radius 2 is 1.26 bits per heavy atom. The van der Waals surface area contributed by atoms with Crippen LogP contribution in [-0.2, 0) is 10.0 Å². The van der Waals surface area contributed by atoms with E-state index < -0.39 is 21.4 Å². The van der Waals surface area contributed by atoms with Crippen LogP contribution in [0.4, 0.5) is 0 Å². The molecule has 2 amide bonds. The smallest absolute Gasteiger partial charge is 0.268 e. The summed E-state index contributed by atoms with van der Waals surface area (Å²) in [7, 11) is -3.92. The highest BCUT2D eigenvalue weighted by Crippen LogP contribution is 2.27. The maximum Gasteiger partial charge on any atom is 0.268 e. The van der Waals surface area contributed by atoms with E-state index in [0.29, 0.717) is 21.9 Å². The number of hydrogen-bond donors (Lipinski definition) is 0. The van der Waals surface area contributed by atoms with Crippen LogP contribution >= 0.6 is 0 Å². The fourth-order valence-electron chi connectivity index (χ4n) is 4.90. The van der Waals surface area contributed by atoms with Crippen LogP contribution in [0.25, 0.3) is 21.9 Å². The number of carbonyl (C=O) groups is 2. The molecule has 3 heterocycles. The van der Waals surface area contributed by atoms with Crippen LogP contribution in [0.1, 0.15) is 20.7 Å². The largest absolute Gasteiger partial charge is 0.463 e. The van der Waals surface area contributed by atoms with E-state index in [2.05, 4.69) is 0 Å². The number of benzene rings is 3. The Hall–Kier alpha value is -4.70. The minimum Gasteiger partial charge on any atom is -0.463 e. The molecule has 9 nitrogen and oxygen atoms in total. The fourth-order valence-corrected chi connectivity index (χ4v) is 6.29. The van der Waals surface area contributed by atoms with Gasteiger partial charge >= 0.3 is 0 Å². The van der Waals surface area contributed by atoms with Crippen LogP contribution in [0.15, 0.2) is 105 Å². The molecule has 0 spiro atoms. The van der Waals surface area contributed by atoms with Gasteiger partial charge in [-0.1, -0.05) is 48.5 Å². The van der Waals surface area contributed by atoms with E-state index in [4.69, 9.17) is 4.42 Å². The van der Waals surface area contributed by atoms with Gasteiger partial charge in [0.05, 0.1) is 21.4 Å². The molecular formula is C29H23N3O6S. The van der Waals surface area contributed by atoms with Gasteiger partial charge < -0.3 is 14.2 Å². The zero-order valence-electron chi connectivity index (χ0n) is 20.7. The van der Waals surface area contributed by atoms with E-state index in [-0.39, 0.29) is 48.1 Å². The van der Waals surface area contributed by atoms with Crippen molar-refractivity contribution in [3.8, 4) is 0 Å². The lowest BCUT2D eigenvalue weighted by atomic mass is 10.1. The number of carbonyl (C=O) groups excluding carboxylic acids is 2. The summed E-state index contributed by atoms with van der Waals surface area (Å²) in [6.45, 7) is 0.901. The summed E-state index contributed by atoms with van der Waals surface area (Å²) >= 11 is 0. The maximum absolute atomic E-state index is 13.6. The van der Waals surface area contributed by atoms with Crippen LogP contribution in [0.2, 0.25) is 0 Å². The monoisotopic (exact) mass is 541 g/mol. The van der Waals surface area contributed by atoms with Gasteiger partial charge in [-0.2, -0.15) is 0 Å². The summed E-state index contributed by atoms with van der Waals surface area (Å²) in [6, 6.07) is 21.6. The van der Waals surface area contributed by atoms with Crippen LogP contribution < -0.4 is 5.43 Å². The molecule has 3 aromatic carbocycles. The van der Waals surface area contributed by atoms with Gasteiger partial charge in [-0.25, -0.2) is 12.4 Å². The lowest BCUT2D eigenvalue weighted by Crippen LogP contribution is -2.51. The van der Waals surface area contributed by atoms with Gasteiger partial charge in [0, 0.05) is 37.8 Å². The lowest BCUT2D eigenvalue weighted by molar-refractivity contribution is 0.0534. The topological polar surface area (TPSA) is 110 Å². The molecular weight excluding hydrogens is 518 g/mol. The van der Waals surface area contributed by atoms with Gasteiger partial charge in [-0.3, -0.25) is 14.4 Å². The molecule has 0 unspecified atom stereocenters. The number of fused-ring (bicyclic) bond motifs is 2. The number of nitrogens with zero attached hydrogens (tertiary/aromatic N) is 3. The molecule has 6 rings (SSSR count). The van der Waals surface area contributed by atoms with Crippen molar-refractivity contribution in [1.82, 2.24) is 13.8 Å². The number of rotatable bonds is 4. The molecule has 0 radical (unpaired) electrons. The van der Waals surface area contributed by atoms with Crippen molar-refractivity contribution in [2.24, 2.45) is 0 Å². The van der Waals surface area contributed by atoms with Crippen molar-refractivity contribution < 1.29 is 22.4 Å². The number of piperazine rings is 1. The molecule has 10 heteroatoms. The summed E-state index contributed by atoms with van der Waals surface area (Å²) in [5.41, 5.74) is 0.625. The lowest BCUT2D eigenvalue weighted by Gasteiger charge is -2.34. The van der Waals surface area contributed by atoms with Crippen molar-refractivity contribution in [2.75, 3.05) is 26.2 Å². The molecule has 1 aliphatic heterocycles. The Bertz CT molecular complexity index is 1900. The van der Waals surface area contributed by atoms with Crippen LogP contribution in [0.5, 0.6) is 0 Å². The zero-order chi connectivity index (χ0) is 27.1. The fraction of sp³-hybridized carbons (Fsp3) is 0.138.